The van der Waals surface area contributed by atoms with Crippen molar-refractivity contribution in [3.63, 3.8) is 0 Å². The van der Waals surface area contributed by atoms with Crippen molar-refractivity contribution in [3.8, 4) is 11.5 Å². The summed E-state index contributed by atoms with van der Waals surface area (Å²) in [5, 5.41) is 0. The summed E-state index contributed by atoms with van der Waals surface area (Å²) < 4.78 is 16.1. The number of nitrogens with zero attached hydrogens (tertiary/aromatic N) is 2. The minimum absolute atomic E-state index is 0.0334. The van der Waals surface area contributed by atoms with Gasteiger partial charge in [-0.1, -0.05) is 38.1 Å². The topological polar surface area (TPSA) is 51.2 Å². The number of ether oxygens (including phenoxy) is 3. The lowest BCUT2D eigenvalue weighted by Crippen LogP contribution is -2.41. The lowest BCUT2D eigenvalue weighted by Gasteiger charge is -2.30. The van der Waals surface area contributed by atoms with Gasteiger partial charge in [-0.3, -0.25) is 9.69 Å². The molecule has 6 nitrogen and oxygen atoms in total. The number of hydrogen-bond acceptors (Lipinski definition) is 5. The number of carbonyl (C=O) groups excluding carboxylic acids is 1. The highest BCUT2D eigenvalue weighted by molar-refractivity contribution is 5.78. The molecule has 1 amide bonds. The maximum Gasteiger partial charge on any atom is 0.225 e. The monoisotopic (exact) mass is 454 g/mol. The van der Waals surface area contributed by atoms with Gasteiger partial charge < -0.3 is 19.1 Å². The maximum atomic E-state index is 12.9. The van der Waals surface area contributed by atoms with E-state index in [4.69, 9.17) is 14.2 Å². The number of likely N-dealkylation sites (tertiary alicyclic amines) is 1. The Morgan fingerprint density at radius 1 is 1.03 bits per heavy atom. The predicted molar refractivity (Wildman–Crippen MR) is 131 cm³/mol. The van der Waals surface area contributed by atoms with Crippen molar-refractivity contribution in [1.29, 1.82) is 0 Å². The summed E-state index contributed by atoms with van der Waals surface area (Å²) in [6.07, 6.45) is 0. The van der Waals surface area contributed by atoms with E-state index in [0.717, 1.165) is 37.7 Å². The van der Waals surface area contributed by atoms with Crippen LogP contribution < -0.4 is 9.47 Å². The third-order valence-corrected chi connectivity index (χ3v) is 6.43. The van der Waals surface area contributed by atoms with E-state index in [1.807, 2.05) is 36.9 Å². The molecule has 3 rings (SSSR count). The SMILES string of the molecule is COCCN(C[C@H]1CN(Cc2ccc(OC)cc2)C[C@H]1c1cccc(OC)c1)C(=O)C(C)C. The highest BCUT2D eigenvalue weighted by atomic mass is 16.5. The van der Waals surface area contributed by atoms with Gasteiger partial charge in [0, 0.05) is 51.7 Å². The molecule has 1 saturated heterocycles. The van der Waals surface area contributed by atoms with Gasteiger partial charge in [-0.25, -0.2) is 0 Å². The van der Waals surface area contributed by atoms with Gasteiger partial charge in [-0.2, -0.15) is 0 Å². The smallest absolute Gasteiger partial charge is 0.225 e. The van der Waals surface area contributed by atoms with Gasteiger partial charge >= 0.3 is 0 Å². The van der Waals surface area contributed by atoms with Gasteiger partial charge in [0.05, 0.1) is 20.8 Å². The van der Waals surface area contributed by atoms with E-state index in [0.29, 0.717) is 25.0 Å². The van der Waals surface area contributed by atoms with E-state index < -0.39 is 0 Å². The van der Waals surface area contributed by atoms with Gasteiger partial charge in [0.25, 0.3) is 0 Å². The Kier molecular flexibility index (Phi) is 9.15. The molecule has 6 heteroatoms. The Hall–Kier alpha value is -2.57. The van der Waals surface area contributed by atoms with Crippen LogP contribution in [0.4, 0.5) is 0 Å². The minimum Gasteiger partial charge on any atom is -0.497 e. The molecule has 1 fully saturated rings. The summed E-state index contributed by atoms with van der Waals surface area (Å²) in [5.41, 5.74) is 2.52. The molecule has 1 aliphatic heterocycles. The van der Waals surface area contributed by atoms with Crippen LogP contribution in [0.25, 0.3) is 0 Å². The fraction of sp³-hybridized carbons (Fsp3) is 0.519. The summed E-state index contributed by atoms with van der Waals surface area (Å²) in [4.78, 5) is 17.4. The summed E-state index contributed by atoms with van der Waals surface area (Å²) in [7, 11) is 5.07. The molecule has 0 saturated carbocycles. The van der Waals surface area contributed by atoms with E-state index in [-0.39, 0.29) is 11.8 Å². The van der Waals surface area contributed by atoms with Crippen molar-refractivity contribution in [2.24, 2.45) is 11.8 Å². The van der Waals surface area contributed by atoms with Crippen molar-refractivity contribution < 1.29 is 19.0 Å². The molecule has 2 atom stereocenters. The first-order valence-corrected chi connectivity index (χ1v) is 11.7. The molecule has 33 heavy (non-hydrogen) atoms. The van der Waals surface area contributed by atoms with Crippen LogP contribution in [-0.2, 0) is 16.1 Å². The predicted octanol–water partition coefficient (Wildman–Crippen LogP) is 4.05. The van der Waals surface area contributed by atoms with Gasteiger partial charge in [0.2, 0.25) is 5.91 Å². The average Bonchev–Trinajstić information content (AvgIpc) is 3.23. The Morgan fingerprint density at radius 2 is 1.76 bits per heavy atom. The molecule has 0 aliphatic carbocycles. The van der Waals surface area contributed by atoms with E-state index in [1.54, 1.807) is 21.3 Å². The highest BCUT2D eigenvalue weighted by Gasteiger charge is 2.36. The molecule has 0 spiro atoms. The van der Waals surface area contributed by atoms with Crippen molar-refractivity contribution in [2.75, 3.05) is 54.1 Å². The standard InChI is InChI=1S/C27H38N2O4/c1-20(2)27(30)29(13-14-31-3)18-23-17-28(16-21-9-11-24(32-4)12-10-21)19-26(23)22-7-6-8-25(15-22)33-5/h6-12,15,20,23,26H,13-14,16-19H2,1-5H3/t23-,26+/m1/s1. The number of rotatable bonds is 11. The molecule has 2 aromatic carbocycles. The number of benzene rings is 2. The summed E-state index contributed by atoms with van der Waals surface area (Å²) >= 11 is 0. The second-order valence-electron chi connectivity index (χ2n) is 9.12. The van der Waals surface area contributed by atoms with Crippen LogP contribution in [0.5, 0.6) is 11.5 Å². The Labute approximate surface area is 198 Å². The van der Waals surface area contributed by atoms with Crippen molar-refractivity contribution in [2.45, 2.75) is 26.3 Å². The lowest BCUT2D eigenvalue weighted by molar-refractivity contribution is -0.135. The van der Waals surface area contributed by atoms with E-state index in [1.165, 1.54) is 11.1 Å². The molecule has 0 bridgehead atoms. The van der Waals surface area contributed by atoms with Crippen molar-refractivity contribution in [3.05, 3.63) is 59.7 Å². The maximum absolute atomic E-state index is 12.9. The molecule has 0 unspecified atom stereocenters. The quantitative estimate of drug-likeness (QED) is 0.513. The minimum atomic E-state index is -0.0334. The highest BCUT2D eigenvalue weighted by Crippen LogP contribution is 2.35. The fourth-order valence-corrected chi connectivity index (χ4v) is 4.65. The Balaban J connectivity index is 1.81. The number of carbonyl (C=O) groups is 1. The number of hydrogen-bond donors (Lipinski definition) is 0. The molecule has 1 aliphatic rings. The zero-order chi connectivity index (χ0) is 23.8. The van der Waals surface area contributed by atoms with Crippen LogP contribution in [0.2, 0.25) is 0 Å². The van der Waals surface area contributed by atoms with Crippen LogP contribution in [0.15, 0.2) is 48.5 Å². The third kappa shape index (κ3) is 6.71. The van der Waals surface area contributed by atoms with E-state index >= 15 is 0 Å². The fourth-order valence-electron chi connectivity index (χ4n) is 4.65. The van der Waals surface area contributed by atoms with Crippen LogP contribution in [-0.4, -0.2) is 69.8 Å². The first kappa shape index (κ1) is 25.1. The Bertz CT molecular complexity index is 884. The molecule has 0 aromatic heterocycles. The van der Waals surface area contributed by atoms with E-state index in [2.05, 4.69) is 35.2 Å². The van der Waals surface area contributed by atoms with Crippen LogP contribution in [0, 0.1) is 11.8 Å². The Morgan fingerprint density at radius 3 is 2.39 bits per heavy atom. The number of amides is 1. The van der Waals surface area contributed by atoms with Gasteiger partial charge in [-0.05, 0) is 41.3 Å². The van der Waals surface area contributed by atoms with Crippen molar-refractivity contribution >= 4 is 5.91 Å². The largest absolute Gasteiger partial charge is 0.497 e. The average molecular weight is 455 g/mol. The molecule has 2 aromatic rings. The van der Waals surface area contributed by atoms with Crippen LogP contribution in [0.1, 0.15) is 30.9 Å². The number of methoxy groups -OCH3 is 3. The van der Waals surface area contributed by atoms with Gasteiger partial charge in [0.1, 0.15) is 11.5 Å². The van der Waals surface area contributed by atoms with E-state index in [9.17, 15) is 4.79 Å². The first-order chi connectivity index (χ1) is 15.9. The zero-order valence-corrected chi connectivity index (χ0v) is 20.6. The summed E-state index contributed by atoms with van der Waals surface area (Å²) in [6.45, 7) is 8.57. The first-order valence-electron chi connectivity index (χ1n) is 11.7. The van der Waals surface area contributed by atoms with Crippen LogP contribution in [0.3, 0.4) is 0 Å². The second kappa shape index (κ2) is 12.1. The molecule has 0 radical (unpaired) electrons. The molecular formula is C27H38N2O4. The third-order valence-electron chi connectivity index (χ3n) is 6.43. The summed E-state index contributed by atoms with van der Waals surface area (Å²) in [5.74, 6) is 2.54. The zero-order valence-electron chi connectivity index (χ0n) is 20.6. The summed E-state index contributed by atoms with van der Waals surface area (Å²) in [6, 6.07) is 16.6. The van der Waals surface area contributed by atoms with Crippen LogP contribution >= 0.6 is 0 Å². The molecule has 180 valence electrons. The normalized spacial score (nSPS) is 18.5. The molecule has 0 N–H and O–H groups in total. The van der Waals surface area contributed by atoms with Gasteiger partial charge in [-0.15, -0.1) is 0 Å². The lowest BCUT2D eigenvalue weighted by atomic mass is 9.88. The second-order valence-corrected chi connectivity index (χ2v) is 9.12. The molecule has 1 heterocycles. The van der Waals surface area contributed by atoms with Gasteiger partial charge in [0.15, 0.2) is 0 Å². The van der Waals surface area contributed by atoms with Crippen molar-refractivity contribution in [1.82, 2.24) is 9.80 Å². The molecular weight excluding hydrogens is 416 g/mol.